The van der Waals surface area contributed by atoms with Crippen LogP contribution >= 0.6 is 11.8 Å². The number of benzene rings is 1. The van der Waals surface area contributed by atoms with Crippen LogP contribution in [0.5, 0.6) is 0 Å². The molecule has 0 spiro atoms. The summed E-state index contributed by atoms with van der Waals surface area (Å²) < 4.78 is 1.91. The predicted octanol–water partition coefficient (Wildman–Crippen LogP) is 2.84. The summed E-state index contributed by atoms with van der Waals surface area (Å²) in [6.45, 7) is 4.10. The van der Waals surface area contributed by atoms with E-state index in [1.165, 1.54) is 5.56 Å². The van der Waals surface area contributed by atoms with Crippen LogP contribution in [0.15, 0.2) is 42.7 Å². The van der Waals surface area contributed by atoms with Crippen LogP contribution in [0.3, 0.4) is 0 Å². The van der Waals surface area contributed by atoms with Gasteiger partial charge in [0, 0.05) is 28.8 Å². The summed E-state index contributed by atoms with van der Waals surface area (Å²) in [5.41, 5.74) is 8.16. The molecule has 96 valence electrons. The van der Waals surface area contributed by atoms with E-state index in [-0.39, 0.29) is 5.54 Å². The first-order valence-electron chi connectivity index (χ1n) is 6.00. The molecule has 0 aliphatic heterocycles. The molecule has 0 radical (unpaired) electrons. The third-order valence-electron chi connectivity index (χ3n) is 2.40. The van der Waals surface area contributed by atoms with Crippen LogP contribution in [-0.2, 0) is 5.75 Å². The Balaban J connectivity index is 1.95. The summed E-state index contributed by atoms with van der Waals surface area (Å²) >= 11 is 1.84. The maximum absolute atomic E-state index is 5.95. The van der Waals surface area contributed by atoms with Gasteiger partial charge in [0.15, 0.2) is 0 Å². The highest BCUT2D eigenvalue weighted by atomic mass is 32.2. The number of para-hydroxylation sites is 1. The van der Waals surface area contributed by atoms with Crippen LogP contribution in [0.25, 0.3) is 5.69 Å². The fraction of sp³-hybridized carbons (Fsp3) is 0.357. The Morgan fingerprint density at radius 3 is 2.67 bits per heavy atom. The van der Waals surface area contributed by atoms with Crippen molar-refractivity contribution in [2.75, 3.05) is 5.75 Å². The van der Waals surface area contributed by atoms with Gasteiger partial charge in [0.1, 0.15) is 0 Å². The molecule has 0 aliphatic rings. The molecule has 4 heteroatoms. The van der Waals surface area contributed by atoms with Gasteiger partial charge in [0.2, 0.25) is 0 Å². The monoisotopic (exact) mass is 261 g/mol. The van der Waals surface area contributed by atoms with Crippen LogP contribution in [-0.4, -0.2) is 21.1 Å². The lowest BCUT2D eigenvalue weighted by molar-refractivity contribution is 0.591. The maximum atomic E-state index is 5.95. The fourth-order valence-corrected chi connectivity index (χ4v) is 2.60. The van der Waals surface area contributed by atoms with Gasteiger partial charge in [-0.25, -0.2) is 4.68 Å². The van der Waals surface area contributed by atoms with Crippen molar-refractivity contribution in [3.05, 3.63) is 48.3 Å². The van der Waals surface area contributed by atoms with E-state index in [0.29, 0.717) is 0 Å². The van der Waals surface area contributed by atoms with Crippen molar-refractivity contribution in [1.82, 2.24) is 9.78 Å². The van der Waals surface area contributed by atoms with E-state index in [0.717, 1.165) is 17.2 Å². The second kappa shape index (κ2) is 5.59. The van der Waals surface area contributed by atoms with Gasteiger partial charge in [0.05, 0.1) is 11.9 Å². The summed E-state index contributed by atoms with van der Waals surface area (Å²) in [6.07, 6.45) is 4.00. The Morgan fingerprint density at radius 2 is 2.00 bits per heavy atom. The average Bonchev–Trinajstić information content (AvgIpc) is 2.77. The molecule has 0 unspecified atom stereocenters. The lowest BCUT2D eigenvalue weighted by Gasteiger charge is -2.16. The normalized spacial score (nSPS) is 11.7. The summed E-state index contributed by atoms with van der Waals surface area (Å²) in [7, 11) is 0. The minimum absolute atomic E-state index is 0.111. The van der Waals surface area contributed by atoms with E-state index in [4.69, 9.17) is 5.73 Å². The summed E-state index contributed by atoms with van der Waals surface area (Å²) in [6, 6.07) is 10.1. The van der Waals surface area contributed by atoms with Crippen LogP contribution in [0, 0.1) is 0 Å². The molecule has 0 aliphatic carbocycles. The first-order chi connectivity index (χ1) is 8.54. The maximum Gasteiger partial charge on any atom is 0.0645 e. The molecule has 0 fully saturated rings. The molecule has 0 atom stereocenters. The predicted molar refractivity (Wildman–Crippen MR) is 78.0 cm³/mol. The second-order valence-corrected chi connectivity index (χ2v) is 6.10. The van der Waals surface area contributed by atoms with Gasteiger partial charge in [-0.3, -0.25) is 0 Å². The second-order valence-electron chi connectivity index (χ2n) is 5.11. The van der Waals surface area contributed by atoms with Gasteiger partial charge in [-0.05, 0) is 26.0 Å². The van der Waals surface area contributed by atoms with Crippen LogP contribution in [0.4, 0.5) is 0 Å². The van der Waals surface area contributed by atoms with Gasteiger partial charge in [-0.2, -0.15) is 16.9 Å². The van der Waals surface area contributed by atoms with Crippen molar-refractivity contribution in [3.8, 4) is 5.69 Å². The number of nitrogens with zero attached hydrogens (tertiary/aromatic N) is 2. The first-order valence-corrected chi connectivity index (χ1v) is 7.16. The van der Waals surface area contributed by atoms with Gasteiger partial charge < -0.3 is 5.73 Å². The van der Waals surface area contributed by atoms with Crippen molar-refractivity contribution in [1.29, 1.82) is 0 Å². The first kappa shape index (κ1) is 13.2. The minimum atomic E-state index is -0.111. The Hall–Kier alpha value is -1.26. The van der Waals surface area contributed by atoms with Crippen molar-refractivity contribution >= 4 is 11.8 Å². The van der Waals surface area contributed by atoms with Crippen molar-refractivity contribution < 1.29 is 0 Å². The van der Waals surface area contributed by atoms with E-state index >= 15 is 0 Å². The Morgan fingerprint density at radius 1 is 1.28 bits per heavy atom. The number of aromatic nitrogens is 2. The SMILES string of the molecule is CC(C)(N)CSCc1cnn(-c2ccccc2)c1. The molecule has 0 saturated carbocycles. The van der Waals surface area contributed by atoms with Crippen LogP contribution in [0.2, 0.25) is 0 Å². The number of rotatable bonds is 5. The quantitative estimate of drug-likeness (QED) is 0.900. The zero-order valence-electron chi connectivity index (χ0n) is 10.8. The van der Waals surface area contributed by atoms with E-state index < -0.39 is 0 Å². The largest absolute Gasteiger partial charge is 0.325 e. The molecule has 2 N–H and O–H groups in total. The molecule has 0 bridgehead atoms. The molecule has 2 rings (SSSR count). The third kappa shape index (κ3) is 3.89. The van der Waals surface area contributed by atoms with E-state index in [9.17, 15) is 0 Å². The molecule has 0 saturated heterocycles. The van der Waals surface area contributed by atoms with Crippen molar-refractivity contribution in [2.24, 2.45) is 5.73 Å². The molecule has 2 aromatic rings. The Bertz CT molecular complexity index is 485. The number of hydrogen-bond donors (Lipinski definition) is 1. The summed E-state index contributed by atoms with van der Waals surface area (Å²) in [4.78, 5) is 0. The molecule has 1 heterocycles. The number of nitrogens with two attached hydrogens (primary N) is 1. The molecule has 0 amide bonds. The van der Waals surface area contributed by atoms with Gasteiger partial charge >= 0.3 is 0 Å². The van der Waals surface area contributed by atoms with Crippen LogP contribution < -0.4 is 5.73 Å². The van der Waals surface area contributed by atoms with Gasteiger partial charge in [-0.15, -0.1) is 0 Å². The Kier molecular flexibility index (Phi) is 4.09. The average molecular weight is 261 g/mol. The lowest BCUT2D eigenvalue weighted by atomic mass is 10.1. The Labute approximate surface area is 112 Å². The summed E-state index contributed by atoms with van der Waals surface area (Å²) in [5.74, 6) is 1.90. The molecular weight excluding hydrogens is 242 g/mol. The van der Waals surface area contributed by atoms with E-state index in [1.807, 2.05) is 66.8 Å². The molecule has 3 nitrogen and oxygen atoms in total. The molecular formula is C14H19N3S. The van der Waals surface area contributed by atoms with Crippen LogP contribution in [0.1, 0.15) is 19.4 Å². The summed E-state index contributed by atoms with van der Waals surface area (Å²) in [5, 5.41) is 4.37. The minimum Gasteiger partial charge on any atom is -0.325 e. The highest BCUT2D eigenvalue weighted by Gasteiger charge is 2.10. The molecule has 1 aromatic heterocycles. The standard InChI is InChI=1S/C14H19N3S/c1-14(2,15)11-18-10-12-8-16-17(9-12)13-6-4-3-5-7-13/h3-9H,10-11,15H2,1-2H3. The van der Waals surface area contributed by atoms with E-state index in [2.05, 4.69) is 11.3 Å². The lowest BCUT2D eigenvalue weighted by Crippen LogP contribution is -2.34. The zero-order chi connectivity index (χ0) is 13.0. The van der Waals surface area contributed by atoms with Gasteiger partial charge in [0.25, 0.3) is 0 Å². The zero-order valence-corrected chi connectivity index (χ0v) is 11.7. The highest BCUT2D eigenvalue weighted by Crippen LogP contribution is 2.17. The van der Waals surface area contributed by atoms with E-state index in [1.54, 1.807) is 0 Å². The van der Waals surface area contributed by atoms with Crippen molar-refractivity contribution in [2.45, 2.75) is 25.1 Å². The third-order valence-corrected chi connectivity index (χ3v) is 3.89. The topological polar surface area (TPSA) is 43.8 Å². The fourth-order valence-electron chi connectivity index (χ4n) is 1.59. The smallest absolute Gasteiger partial charge is 0.0645 e. The number of thioether (sulfide) groups is 1. The van der Waals surface area contributed by atoms with Crippen molar-refractivity contribution in [3.63, 3.8) is 0 Å². The number of hydrogen-bond acceptors (Lipinski definition) is 3. The van der Waals surface area contributed by atoms with Gasteiger partial charge in [-0.1, -0.05) is 18.2 Å². The molecule has 1 aromatic carbocycles. The molecule has 18 heavy (non-hydrogen) atoms. The highest BCUT2D eigenvalue weighted by molar-refractivity contribution is 7.98.